The zero-order chi connectivity index (χ0) is 14.1. The van der Waals surface area contributed by atoms with E-state index in [4.69, 9.17) is 5.73 Å². The Morgan fingerprint density at radius 3 is 2.85 bits per heavy atom. The van der Waals surface area contributed by atoms with Gasteiger partial charge in [0.05, 0.1) is 12.2 Å². The molecule has 0 unspecified atom stereocenters. The largest absolute Gasteiger partial charge is 0.399 e. The average molecular weight is 285 g/mol. The van der Waals surface area contributed by atoms with Gasteiger partial charge in [-0.05, 0) is 26.0 Å². The lowest BCUT2D eigenvalue weighted by atomic mass is 10.2. The Balaban J connectivity index is 1.83. The quantitative estimate of drug-likeness (QED) is 0.751. The highest BCUT2D eigenvalue weighted by atomic mass is 32.1. The number of aromatic nitrogens is 4. The van der Waals surface area contributed by atoms with E-state index in [1.165, 1.54) is 4.88 Å². The van der Waals surface area contributed by atoms with Crippen molar-refractivity contribution in [3.8, 4) is 11.4 Å². The highest BCUT2D eigenvalue weighted by Gasteiger charge is 2.08. The predicted molar refractivity (Wildman–Crippen MR) is 80.6 cm³/mol. The van der Waals surface area contributed by atoms with Crippen molar-refractivity contribution in [1.82, 2.24) is 19.7 Å². The lowest BCUT2D eigenvalue weighted by Gasteiger charge is -1.97. The Labute approximate surface area is 121 Å². The minimum Gasteiger partial charge on any atom is -0.399 e. The van der Waals surface area contributed by atoms with Crippen molar-refractivity contribution >= 4 is 17.0 Å². The van der Waals surface area contributed by atoms with Crippen LogP contribution in [0.5, 0.6) is 0 Å². The van der Waals surface area contributed by atoms with Gasteiger partial charge >= 0.3 is 0 Å². The summed E-state index contributed by atoms with van der Waals surface area (Å²) in [6.45, 7) is 4.75. The fraction of sp³-hybridized carbons (Fsp3) is 0.214. The Morgan fingerprint density at radius 2 is 2.15 bits per heavy atom. The molecular weight excluding hydrogens is 270 g/mol. The van der Waals surface area contributed by atoms with Crippen LogP contribution in [-0.2, 0) is 6.54 Å². The highest BCUT2D eigenvalue weighted by Crippen LogP contribution is 2.19. The van der Waals surface area contributed by atoms with E-state index >= 15 is 0 Å². The van der Waals surface area contributed by atoms with E-state index < -0.39 is 0 Å². The first-order valence-electron chi connectivity index (χ1n) is 6.30. The second-order valence-electron chi connectivity index (χ2n) is 4.64. The third-order valence-electron chi connectivity index (χ3n) is 3.05. The second kappa shape index (κ2) is 5.05. The zero-order valence-electron chi connectivity index (χ0n) is 11.4. The molecular formula is C14H15N5S. The summed E-state index contributed by atoms with van der Waals surface area (Å²) in [6, 6.07) is 7.58. The molecule has 0 radical (unpaired) electrons. The third kappa shape index (κ3) is 2.55. The molecule has 5 nitrogen and oxygen atoms in total. The average Bonchev–Trinajstić information content (AvgIpc) is 2.98. The molecule has 6 heteroatoms. The standard InChI is InChI=1S/C14H15N5S/c1-9-10(2)20-13(17-9)7-19-8-16-14(18-19)11-4-3-5-12(15)6-11/h3-6,8H,7,15H2,1-2H3. The molecule has 3 rings (SSSR count). The number of nitrogen functional groups attached to an aromatic ring is 1. The Bertz CT molecular complexity index is 724. The monoisotopic (exact) mass is 285 g/mol. The molecule has 0 aliphatic heterocycles. The van der Waals surface area contributed by atoms with E-state index in [1.807, 2.05) is 31.2 Å². The van der Waals surface area contributed by atoms with Gasteiger partial charge in [-0.25, -0.2) is 14.6 Å². The summed E-state index contributed by atoms with van der Waals surface area (Å²) in [5.41, 5.74) is 8.50. The van der Waals surface area contributed by atoms with Crippen molar-refractivity contribution in [1.29, 1.82) is 0 Å². The third-order valence-corrected chi connectivity index (χ3v) is 4.11. The van der Waals surface area contributed by atoms with Crippen LogP contribution in [0.4, 0.5) is 5.69 Å². The van der Waals surface area contributed by atoms with E-state index in [0.29, 0.717) is 18.1 Å². The SMILES string of the molecule is Cc1nc(Cn2cnc(-c3cccc(N)c3)n2)sc1C. The fourth-order valence-electron chi connectivity index (χ4n) is 1.93. The summed E-state index contributed by atoms with van der Waals surface area (Å²) in [6.07, 6.45) is 1.73. The van der Waals surface area contributed by atoms with Crippen LogP contribution in [0.2, 0.25) is 0 Å². The van der Waals surface area contributed by atoms with Crippen molar-refractivity contribution in [3.05, 3.63) is 46.2 Å². The summed E-state index contributed by atoms with van der Waals surface area (Å²) in [5.74, 6) is 0.683. The first-order valence-corrected chi connectivity index (χ1v) is 7.12. The van der Waals surface area contributed by atoms with Gasteiger partial charge < -0.3 is 5.73 Å². The van der Waals surface area contributed by atoms with Crippen LogP contribution in [0, 0.1) is 13.8 Å². The maximum atomic E-state index is 5.78. The zero-order valence-corrected chi connectivity index (χ0v) is 12.2. The lowest BCUT2D eigenvalue weighted by molar-refractivity contribution is 0.682. The lowest BCUT2D eigenvalue weighted by Crippen LogP contribution is -2.00. The highest BCUT2D eigenvalue weighted by molar-refractivity contribution is 7.11. The molecule has 1 aromatic carbocycles. The molecule has 0 fully saturated rings. The molecule has 0 saturated carbocycles. The van der Waals surface area contributed by atoms with E-state index in [-0.39, 0.29) is 0 Å². The molecule has 3 aromatic rings. The number of anilines is 1. The van der Waals surface area contributed by atoms with E-state index in [0.717, 1.165) is 16.3 Å². The first-order chi connectivity index (χ1) is 9.61. The van der Waals surface area contributed by atoms with Crippen molar-refractivity contribution in [2.24, 2.45) is 0 Å². The molecule has 2 heterocycles. The number of nitrogens with zero attached hydrogens (tertiary/aromatic N) is 4. The predicted octanol–water partition coefficient (Wildman–Crippen LogP) is 2.65. The minimum absolute atomic E-state index is 0.647. The molecule has 0 bridgehead atoms. The van der Waals surface area contributed by atoms with E-state index in [2.05, 4.69) is 22.0 Å². The smallest absolute Gasteiger partial charge is 0.181 e. The number of nitrogens with two attached hydrogens (primary N) is 1. The molecule has 0 atom stereocenters. The van der Waals surface area contributed by atoms with Gasteiger partial charge in [-0.15, -0.1) is 11.3 Å². The van der Waals surface area contributed by atoms with Crippen molar-refractivity contribution in [2.45, 2.75) is 20.4 Å². The van der Waals surface area contributed by atoms with Gasteiger partial charge in [0.25, 0.3) is 0 Å². The summed E-state index contributed by atoms with van der Waals surface area (Å²) < 4.78 is 1.80. The van der Waals surface area contributed by atoms with Gasteiger partial charge in [-0.3, -0.25) is 0 Å². The van der Waals surface area contributed by atoms with Crippen molar-refractivity contribution < 1.29 is 0 Å². The number of rotatable bonds is 3. The van der Waals surface area contributed by atoms with Crippen LogP contribution in [0.3, 0.4) is 0 Å². The van der Waals surface area contributed by atoms with Crippen molar-refractivity contribution in [3.63, 3.8) is 0 Å². The Hall–Kier alpha value is -2.21. The van der Waals surface area contributed by atoms with Gasteiger partial charge in [0.2, 0.25) is 0 Å². The normalized spacial score (nSPS) is 10.9. The number of benzene rings is 1. The van der Waals surface area contributed by atoms with Crippen LogP contribution in [0.15, 0.2) is 30.6 Å². The molecule has 102 valence electrons. The van der Waals surface area contributed by atoms with Crippen LogP contribution >= 0.6 is 11.3 Å². The van der Waals surface area contributed by atoms with Crippen LogP contribution in [0.1, 0.15) is 15.6 Å². The first kappa shape index (κ1) is 12.8. The molecule has 0 aliphatic rings. The van der Waals surface area contributed by atoms with E-state index in [1.54, 1.807) is 22.3 Å². The Morgan fingerprint density at radius 1 is 1.30 bits per heavy atom. The maximum absolute atomic E-state index is 5.78. The van der Waals surface area contributed by atoms with Crippen LogP contribution < -0.4 is 5.73 Å². The molecule has 2 aromatic heterocycles. The number of hydrogen-bond acceptors (Lipinski definition) is 5. The van der Waals surface area contributed by atoms with Crippen LogP contribution in [0.25, 0.3) is 11.4 Å². The van der Waals surface area contributed by atoms with Gasteiger partial charge in [0.1, 0.15) is 11.3 Å². The number of aryl methyl sites for hydroxylation is 2. The topological polar surface area (TPSA) is 69.6 Å². The summed E-state index contributed by atoms with van der Waals surface area (Å²) in [5, 5.41) is 5.52. The number of hydrogen-bond donors (Lipinski definition) is 1. The summed E-state index contributed by atoms with van der Waals surface area (Å²) in [7, 11) is 0. The Kier molecular flexibility index (Phi) is 3.23. The van der Waals surface area contributed by atoms with Crippen LogP contribution in [-0.4, -0.2) is 19.7 Å². The van der Waals surface area contributed by atoms with Gasteiger partial charge in [-0.2, -0.15) is 5.10 Å². The fourth-order valence-corrected chi connectivity index (χ4v) is 2.85. The van der Waals surface area contributed by atoms with Gasteiger partial charge in [-0.1, -0.05) is 12.1 Å². The van der Waals surface area contributed by atoms with Gasteiger partial charge in [0.15, 0.2) is 5.82 Å². The molecule has 2 N–H and O–H groups in total. The summed E-state index contributed by atoms with van der Waals surface area (Å²) >= 11 is 1.70. The van der Waals surface area contributed by atoms with Crippen molar-refractivity contribution in [2.75, 3.05) is 5.73 Å². The van der Waals surface area contributed by atoms with Gasteiger partial charge in [0, 0.05) is 16.1 Å². The molecule has 0 saturated heterocycles. The molecule has 0 aliphatic carbocycles. The summed E-state index contributed by atoms with van der Waals surface area (Å²) in [4.78, 5) is 10.1. The second-order valence-corrected chi connectivity index (χ2v) is 5.93. The molecule has 0 spiro atoms. The van der Waals surface area contributed by atoms with E-state index in [9.17, 15) is 0 Å². The number of thiazole rings is 1. The maximum Gasteiger partial charge on any atom is 0.181 e. The molecule has 20 heavy (non-hydrogen) atoms. The minimum atomic E-state index is 0.647. The molecule has 0 amide bonds.